The summed E-state index contributed by atoms with van der Waals surface area (Å²) in [7, 11) is 4.72. The third-order valence-corrected chi connectivity index (χ3v) is 6.01. The first kappa shape index (κ1) is 22.7. The standard InChI is InChI=1S/C24H27NO5S/c1-15(2)31-22-21(17-8-6-7-9-18(17)28-3)23(26)25(24(22)27)13-12-16-10-11-19(29-4)20(14-16)30-5/h6-11,14-15H,12-13H2,1-5H3. The van der Waals surface area contributed by atoms with Crippen LogP contribution in [0.1, 0.15) is 25.0 Å². The average Bonchev–Trinajstić information content (AvgIpc) is 3.00. The number of thioether (sulfide) groups is 1. The number of imide groups is 1. The molecule has 1 heterocycles. The minimum atomic E-state index is -0.293. The fourth-order valence-corrected chi connectivity index (χ4v) is 4.47. The number of ether oxygens (including phenoxy) is 3. The molecule has 1 aliphatic rings. The van der Waals surface area contributed by atoms with Gasteiger partial charge in [0.25, 0.3) is 11.8 Å². The number of methoxy groups -OCH3 is 3. The molecule has 2 aromatic rings. The summed E-state index contributed by atoms with van der Waals surface area (Å²) in [6.07, 6.45) is 0.511. The van der Waals surface area contributed by atoms with Crippen LogP contribution >= 0.6 is 11.8 Å². The number of rotatable bonds is 9. The van der Waals surface area contributed by atoms with Gasteiger partial charge in [-0.3, -0.25) is 14.5 Å². The van der Waals surface area contributed by atoms with E-state index >= 15 is 0 Å². The molecule has 164 valence electrons. The van der Waals surface area contributed by atoms with E-state index in [1.807, 2.05) is 50.2 Å². The molecule has 3 rings (SSSR count). The number of nitrogens with zero attached hydrogens (tertiary/aromatic N) is 1. The van der Waals surface area contributed by atoms with Gasteiger partial charge in [-0.1, -0.05) is 38.1 Å². The van der Waals surface area contributed by atoms with Crippen LogP contribution in [0.4, 0.5) is 0 Å². The molecule has 0 bridgehead atoms. The topological polar surface area (TPSA) is 65.1 Å². The summed E-state index contributed by atoms with van der Waals surface area (Å²) < 4.78 is 16.1. The van der Waals surface area contributed by atoms with Crippen molar-refractivity contribution in [2.75, 3.05) is 27.9 Å². The van der Waals surface area contributed by atoms with E-state index in [2.05, 4.69) is 0 Å². The van der Waals surface area contributed by atoms with Gasteiger partial charge in [-0.2, -0.15) is 0 Å². The summed E-state index contributed by atoms with van der Waals surface area (Å²) in [6.45, 7) is 4.27. The van der Waals surface area contributed by atoms with E-state index in [1.165, 1.54) is 16.7 Å². The van der Waals surface area contributed by atoms with E-state index in [0.29, 0.717) is 39.7 Å². The molecule has 0 saturated heterocycles. The summed E-state index contributed by atoms with van der Waals surface area (Å²) in [4.78, 5) is 28.4. The fraction of sp³-hybridized carbons (Fsp3) is 0.333. The normalized spacial score (nSPS) is 13.9. The van der Waals surface area contributed by atoms with E-state index in [4.69, 9.17) is 14.2 Å². The quantitative estimate of drug-likeness (QED) is 0.544. The number of carbonyl (C=O) groups is 2. The fourth-order valence-electron chi connectivity index (χ4n) is 3.47. The molecule has 0 unspecified atom stereocenters. The van der Waals surface area contributed by atoms with Crippen molar-refractivity contribution in [3.63, 3.8) is 0 Å². The minimum absolute atomic E-state index is 0.155. The first-order valence-corrected chi connectivity index (χ1v) is 10.9. The van der Waals surface area contributed by atoms with Crippen LogP contribution in [0.15, 0.2) is 47.4 Å². The Bertz CT molecular complexity index is 1010. The Hall–Kier alpha value is -2.93. The molecule has 0 N–H and O–H groups in total. The summed E-state index contributed by atoms with van der Waals surface area (Å²) in [6, 6.07) is 12.9. The highest BCUT2D eigenvalue weighted by atomic mass is 32.2. The molecule has 6 nitrogen and oxygen atoms in total. The third-order valence-electron chi connectivity index (χ3n) is 4.93. The number of amides is 2. The first-order valence-electron chi connectivity index (χ1n) is 10.0. The number of benzene rings is 2. The monoisotopic (exact) mass is 441 g/mol. The van der Waals surface area contributed by atoms with Gasteiger partial charge in [0.05, 0.1) is 31.8 Å². The first-order chi connectivity index (χ1) is 14.9. The van der Waals surface area contributed by atoms with Gasteiger partial charge >= 0.3 is 0 Å². The largest absolute Gasteiger partial charge is 0.496 e. The summed E-state index contributed by atoms with van der Waals surface area (Å²) in [5, 5.41) is 0.155. The van der Waals surface area contributed by atoms with Crippen LogP contribution in [0.3, 0.4) is 0 Å². The van der Waals surface area contributed by atoms with Crippen LogP contribution in [-0.4, -0.2) is 49.8 Å². The van der Waals surface area contributed by atoms with Gasteiger partial charge in [0.2, 0.25) is 0 Å². The lowest BCUT2D eigenvalue weighted by Crippen LogP contribution is -2.33. The molecule has 2 aromatic carbocycles. The Morgan fingerprint density at radius 1 is 0.871 bits per heavy atom. The molecule has 31 heavy (non-hydrogen) atoms. The van der Waals surface area contributed by atoms with Crippen molar-refractivity contribution in [1.29, 1.82) is 0 Å². The van der Waals surface area contributed by atoms with Crippen LogP contribution in [0.25, 0.3) is 5.57 Å². The third kappa shape index (κ3) is 4.71. The summed E-state index contributed by atoms with van der Waals surface area (Å²) in [5.41, 5.74) is 2.00. The predicted octanol–water partition coefficient (Wildman–Crippen LogP) is 4.18. The number of para-hydroxylation sites is 1. The van der Waals surface area contributed by atoms with Gasteiger partial charge in [0.1, 0.15) is 5.75 Å². The van der Waals surface area contributed by atoms with Gasteiger partial charge in [-0.05, 0) is 30.2 Å². The zero-order valence-electron chi connectivity index (χ0n) is 18.4. The zero-order chi connectivity index (χ0) is 22.5. The second-order valence-electron chi connectivity index (χ2n) is 7.27. The van der Waals surface area contributed by atoms with Crippen LogP contribution in [0.2, 0.25) is 0 Å². The van der Waals surface area contributed by atoms with E-state index in [9.17, 15) is 9.59 Å². The highest BCUT2D eigenvalue weighted by Gasteiger charge is 2.40. The molecule has 0 fully saturated rings. The smallest absolute Gasteiger partial charge is 0.268 e. The van der Waals surface area contributed by atoms with Crippen LogP contribution in [-0.2, 0) is 16.0 Å². The zero-order valence-corrected chi connectivity index (χ0v) is 19.2. The Balaban J connectivity index is 1.89. The van der Waals surface area contributed by atoms with Crippen molar-refractivity contribution in [2.24, 2.45) is 0 Å². The molecule has 0 aliphatic carbocycles. The molecular formula is C24H27NO5S. The van der Waals surface area contributed by atoms with E-state index < -0.39 is 0 Å². The predicted molar refractivity (Wildman–Crippen MR) is 123 cm³/mol. The maximum absolute atomic E-state index is 13.4. The minimum Gasteiger partial charge on any atom is -0.496 e. The SMILES string of the molecule is COc1ccc(CCN2C(=O)C(SC(C)C)=C(c3ccccc3OC)C2=O)cc1OC. The summed E-state index contributed by atoms with van der Waals surface area (Å²) in [5.74, 6) is 1.27. The van der Waals surface area contributed by atoms with Gasteiger partial charge in [-0.25, -0.2) is 0 Å². The second-order valence-corrected chi connectivity index (χ2v) is 8.86. The van der Waals surface area contributed by atoms with E-state index in [0.717, 1.165) is 5.56 Å². The van der Waals surface area contributed by atoms with Gasteiger partial charge < -0.3 is 14.2 Å². The molecule has 0 saturated carbocycles. The Labute approximate surface area is 187 Å². The van der Waals surface area contributed by atoms with Crippen molar-refractivity contribution in [1.82, 2.24) is 4.90 Å². The molecule has 0 aromatic heterocycles. The highest BCUT2D eigenvalue weighted by molar-refractivity contribution is 8.04. The molecule has 0 spiro atoms. The molecule has 1 aliphatic heterocycles. The van der Waals surface area contributed by atoms with Crippen LogP contribution < -0.4 is 14.2 Å². The Morgan fingerprint density at radius 3 is 2.19 bits per heavy atom. The number of hydrogen-bond acceptors (Lipinski definition) is 6. The molecule has 2 amide bonds. The lowest BCUT2D eigenvalue weighted by Gasteiger charge is -2.16. The van der Waals surface area contributed by atoms with Crippen molar-refractivity contribution in [3.8, 4) is 17.2 Å². The lowest BCUT2D eigenvalue weighted by molar-refractivity contribution is -0.136. The number of hydrogen-bond donors (Lipinski definition) is 0. The van der Waals surface area contributed by atoms with Crippen molar-refractivity contribution < 1.29 is 23.8 Å². The maximum atomic E-state index is 13.4. The van der Waals surface area contributed by atoms with Crippen molar-refractivity contribution in [2.45, 2.75) is 25.5 Å². The maximum Gasteiger partial charge on any atom is 0.268 e. The average molecular weight is 442 g/mol. The Kier molecular flexibility index (Phi) is 7.28. The van der Waals surface area contributed by atoms with Gasteiger partial charge in [0, 0.05) is 17.4 Å². The molecule has 0 atom stereocenters. The summed E-state index contributed by atoms with van der Waals surface area (Å²) >= 11 is 1.41. The molecule has 7 heteroatoms. The molecule has 0 radical (unpaired) electrons. The van der Waals surface area contributed by atoms with Crippen molar-refractivity contribution >= 4 is 29.1 Å². The van der Waals surface area contributed by atoms with Gasteiger partial charge in [0.15, 0.2) is 11.5 Å². The van der Waals surface area contributed by atoms with E-state index in [1.54, 1.807) is 27.4 Å². The van der Waals surface area contributed by atoms with Crippen molar-refractivity contribution in [3.05, 3.63) is 58.5 Å². The highest BCUT2D eigenvalue weighted by Crippen LogP contribution is 2.40. The second kappa shape index (κ2) is 9.92. The van der Waals surface area contributed by atoms with Crippen LogP contribution in [0, 0.1) is 0 Å². The lowest BCUT2D eigenvalue weighted by atomic mass is 10.0. The van der Waals surface area contributed by atoms with E-state index in [-0.39, 0.29) is 23.6 Å². The molecular weight excluding hydrogens is 414 g/mol. The van der Waals surface area contributed by atoms with Crippen LogP contribution in [0.5, 0.6) is 17.2 Å². The Morgan fingerprint density at radius 2 is 1.55 bits per heavy atom. The van der Waals surface area contributed by atoms with Gasteiger partial charge in [-0.15, -0.1) is 11.8 Å². The number of carbonyl (C=O) groups excluding carboxylic acids is 2.